The maximum absolute atomic E-state index is 12.5. The predicted molar refractivity (Wildman–Crippen MR) is 108 cm³/mol. The van der Waals surface area contributed by atoms with E-state index in [0.29, 0.717) is 28.8 Å². The zero-order chi connectivity index (χ0) is 20.4. The third-order valence-corrected chi connectivity index (χ3v) is 4.49. The third kappa shape index (κ3) is 3.55. The van der Waals surface area contributed by atoms with Gasteiger partial charge >= 0.3 is 5.97 Å². The van der Waals surface area contributed by atoms with Crippen LogP contribution in [0.2, 0.25) is 0 Å². The number of methoxy groups -OCH3 is 1. The van der Waals surface area contributed by atoms with Crippen LogP contribution >= 0.6 is 0 Å². The topological polar surface area (TPSA) is 109 Å². The molecule has 4 aromatic rings. The van der Waals surface area contributed by atoms with Crippen molar-refractivity contribution < 1.29 is 14.6 Å². The number of pyridine rings is 1. The van der Waals surface area contributed by atoms with E-state index in [1.807, 2.05) is 30.3 Å². The van der Waals surface area contributed by atoms with Crippen LogP contribution in [0.1, 0.15) is 15.9 Å². The molecule has 29 heavy (non-hydrogen) atoms. The zero-order valence-corrected chi connectivity index (χ0v) is 15.5. The van der Waals surface area contributed by atoms with Crippen molar-refractivity contribution in [2.45, 2.75) is 6.54 Å². The Bertz CT molecular complexity index is 1230. The smallest absolute Gasteiger partial charge is 0.337 e. The summed E-state index contributed by atoms with van der Waals surface area (Å²) in [4.78, 5) is 26.4. The van der Waals surface area contributed by atoms with Crippen LogP contribution in [-0.2, 0) is 11.3 Å². The molecule has 0 bridgehead atoms. The van der Waals surface area contributed by atoms with E-state index in [4.69, 9.17) is 4.74 Å². The average Bonchev–Trinajstić information content (AvgIpc) is 3.11. The number of esters is 1. The van der Waals surface area contributed by atoms with Crippen molar-refractivity contribution in [1.82, 2.24) is 14.8 Å². The molecule has 0 aliphatic carbocycles. The molecule has 0 aliphatic heterocycles. The molecule has 0 saturated heterocycles. The Hall–Kier alpha value is -4.07. The normalized spacial score (nSPS) is 10.8. The van der Waals surface area contributed by atoms with E-state index >= 15 is 0 Å². The largest absolute Gasteiger partial charge is 0.494 e. The molecule has 0 atom stereocenters. The van der Waals surface area contributed by atoms with Crippen LogP contribution in [0, 0.1) is 0 Å². The van der Waals surface area contributed by atoms with Gasteiger partial charge < -0.3 is 15.2 Å². The number of nitrogens with one attached hydrogen (secondary N) is 2. The minimum atomic E-state index is -0.439. The van der Waals surface area contributed by atoms with E-state index < -0.39 is 11.5 Å². The first kappa shape index (κ1) is 18.3. The lowest BCUT2D eigenvalue weighted by atomic mass is 10.1. The number of aromatic nitrogens is 3. The van der Waals surface area contributed by atoms with Gasteiger partial charge in [0.05, 0.1) is 18.4 Å². The number of nitrogens with zero attached hydrogens (tertiary/aromatic N) is 2. The van der Waals surface area contributed by atoms with Gasteiger partial charge in [-0.3, -0.25) is 9.78 Å². The molecule has 146 valence electrons. The molecule has 0 aliphatic rings. The number of ether oxygens (including phenoxy) is 1. The summed E-state index contributed by atoms with van der Waals surface area (Å²) >= 11 is 0. The highest BCUT2D eigenvalue weighted by molar-refractivity contribution is 5.91. The Labute approximate surface area is 165 Å². The maximum Gasteiger partial charge on any atom is 0.337 e. The molecule has 0 radical (unpaired) electrons. The van der Waals surface area contributed by atoms with E-state index in [-0.39, 0.29) is 5.88 Å². The fraction of sp³-hybridized carbons (Fsp3) is 0.0952. The molecule has 0 fully saturated rings. The van der Waals surface area contributed by atoms with Gasteiger partial charge in [0.1, 0.15) is 16.7 Å². The van der Waals surface area contributed by atoms with Crippen LogP contribution in [-0.4, -0.2) is 33.0 Å². The Balaban J connectivity index is 1.72. The number of aromatic amines is 1. The van der Waals surface area contributed by atoms with Gasteiger partial charge in [0.15, 0.2) is 5.88 Å². The van der Waals surface area contributed by atoms with Crippen LogP contribution < -0.4 is 10.9 Å². The van der Waals surface area contributed by atoms with Crippen LogP contribution in [0.3, 0.4) is 0 Å². The maximum atomic E-state index is 12.5. The van der Waals surface area contributed by atoms with Crippen molar-refractivity contribution in [3.05, 3.63) is 82.1 Å². The lowest BCUT2D eigenvalue weighted by Gasteiger charge is -2.10. The van der Waals surface area contributed by atoms with E-state index in [9.17, 15) is 14.7 Å². The Morgan fingerprint density at radius 1 is 1.17 bits per heavy atom. The van der Waals surface area contributed by atoms with Gasteiger partial charge in [0.25, 0.3) is 5.56 Å². The van der Waals surface area contributed by atoms with Crippen LogP contribution in [0.15, 0.2) is 65.5 Å². The first-order valence-corrected chi connectivity index (χ1v) is 8.88. The highest BCUT2D eigenvalue weighted by atomic mass is 16.5. The standard InChI is InChI=1S/C21H18N4O4/c1-29-21(28)14-9-7-13(8-10-14)12-22-19-18-16(11-17(26)23-20(18)27)24-25(19)15-5-3-2-4-6-15/h2-11,22,26H,12H2,1H3,(H,23,27). The molecule has 2 aromatic heterocycles. The highest BCUT2D eigenvalue weighted by Crippen LogP contribution is 2.25. The summed E-state index contributed by atoms with van der Waals surface area (Å²) in [6, 6.07) is 17.8. The molecular weight excluding hydrogens is 372 g/mol. The van der Waals surface area contributed by atoms with Gasteiger partial charge in [-0.05, 0) is 29.8 Å². The number of fused-ring (bicyclic) bond motifs is 1. The molecular formula is C21H18N4O4. The van der Waals surface area contributed by atoms with Gasteiger partial charge in [-0.1, -0.05) is 30.3 Å². The average molecular weight is 390 g/mol. The summed E-state index contributed by atoms with van der Waals surface area (Å²) in [6.07, 6.45) is 0. The Morgan fingerprint density at radius 2 is 1.90 bits per heavy atom. The van der Waals surface area contributed by atoms with Crippen molar-refractivity contribution in [2.24, 2.45) is 0 Å². The van der Waals surface area contributed by atoms with Crippen LogP contribution in [0.4, 0.5) is 5.82 Å². The highest BCUT2D eigenvalue weighted by Gasteiger charge is 2.17. The van der Waals surface area contributed by atoms with Crippen molar-refractivity contribution in [3.8, 4) is 11.6 Å². The Morgan fingerprint density at radius 3 is 2.59 bits per heavy atom. The first-order valence-electron chi connectivity index (χ1n) is 8.88. The molecule has 0 amide bonds. The number of hydrogen-bond donors (Lipinski definition) is 3. The van der Waals surface area contributed by atoms with Crippen molar-refractivity contribution >= 4 is 22.7 Å². The second-order valence-electron chi connectivity index (χ2n) is 6.38. The number of carbonyl (C=O) groups excluding carboxylic acids is 1. The van der Waals surface area contributed by atoms with Gasteiger partial charge in [-0.15, -0.1) is 0 Å². The summed E-state index contributed by atoms with van der Waals surface area (Å²) in [5, 5.41) is 17.8. The van der Waals surface area contributed by atoms with E-state index in [1.54, 1.807) is 28.9 Å². The SMILES string of the molecule is COC(=O)c1ccc(CNc2c3c(=O)[nH]c(O)cc3nn2-c2ccccc2)cc1. The first-order chi connectivity index (χ1) is 14.1. The molecule has 2 aromatic carbocycles. The number of para-hydroxylation sites is 1. The third-order valence-electron chi connectivity index (χ3n) is 4.49. The number of anilines is 1. The van der Waals surface area contributed by atoms with Gasteiger partial charge in [0, 0.05) is 12.6 Å². The minimum Gasteiger partial charge on any atom is -0.494 e. The van der Waals surface area contributed by atoms with E-state index in [2.05, 4.69) is 15.4 Å². The second-order valence-corrected chi connectivity index (χ2v) is 6.38. The molecule has 0 saturated carbocycles. The quantitative estimate of drug-likeness (QED) is 0.452. The number of rotatable bonds is 5. The zero-order valence-electron chi connectivity index (χ0n) is 15.5. The second kappa shape index (κ2) is 7.51. The van der Waals surface area contributed by atoms with Gasteiger partial charge in [-0.25, -0.2) is 9.48 Å². The number of aromatic hydroxyl groups is 1. The summed E-state index contributed by atoms with van der Waals surface area (Å²) < 4.78 is 6.33. The summed E-state index contributed by atoms with van der Waals surface area (Å²) in [6.45, 7) is 0.398. The molecule has 0 spiro atoms. The molecule has 2 heterocycles. The van der Waals surface area contributed by atoms with Gasteiger partial charge in [-0.2, -0.15) is 5.10 Å². The molecule has 3 N–H and O–H groups in total. The Kier molecular flexibility index (Phi) is 4.74. The lowest BCUT2D eigenvalue weighted by molar-refractivity contribution is 0.0600. The van der Waals surface area contributed by atoms with E-state index in [1.165, 1.54) is 13.2 Å². The fourth-order valence-corrected chi connectivity index (χ4v) is 3.09. The summed E-state index contributed by atoms with van der Waals surface area (Å²) in [5.41, 5.74) is 2.07. The summed E-state index contributed by atoms with van der Waals surface area (Å²) in [5.74, 6) is -0.140. The van der Waals surface area contributed by atoms with Gasteiger partial charge in [0.2, 0.25) is 0 Å². The van der Waals surface area contributed by atoms with Crippen molar-refractivity contribution in [1.29, 1.82) is 0 Å². The lowest BCUT2D eigenvalue weighted by Crippen LogP contribution is -2.10. The molecule has 0 unspecified atom stereocenters. The summed E-state index contributed by atoms with van der Waals surface area (Å²) in [7, 11) is 1.34. The number of hydrogen-bond acceptors (Lipinski definition) is 6. The number of H-pyrrole nitrogens is 1. The minimum absolute atomic E-state index is 0.245. The fourth-order valence-electron chi connectivity index (χ4n) is 3.09. The number of benzene rings is 2. The van der Waals surface area contributed by atoms with Crippen LogP contribution in [0.5, 0.6) is 5.88 Å². The van der Waals surface area contributed by atoms with Crippen LogP contribution in [0.25, 0.3) is 16.6 Å². The van der Waals surface area contributed by atoms with Crippen molar-refractivity contribution in [2.75, 3.05) is 12.4 Å². The molecule has 8 heteroatoms. The molecule has 8 nitrogen and oxygen atoms in total. The predicted octanol–water partition coefficient (Wildman–Crippen LogP) is 2.82. The number of carbonyl (C=O) groups is 1. The van der Waals surface area contributed by atoms with E-state index in [0.717, 1.165) is 11.3 Å². The molecule has 4 rings (SSSR count). The van der Waals surface area contributed by atoms with Crippen molar-refractivity contribution in [3.63, 3.8) is 0 Å². The monoisotopic (exact) mass is 390 g/mol.